The number of nitrogens with one attached hydrogen (secondary N) is 1. The predicted molar refractivity (Wildman–Crippen MR) is 62.6 cm³/mol. The van der Waals surface area contributed by atoms with Gasteiger partial charge in [-0.2, -0.15) is 5.10 Å². The van der Waals surface area contributed by atoms with Gasteiger partial charge < -0.3 is 5.32 Å². The molecule has 1 N–H and O–H groups in total. The zero-order chi connectivity index (χ0) is 10.8. The molecule has 2 rings (SSSR count). The summed E-state index contributed by atoms with van der Waals surface area (Å²) in [6.45, 7) is 4.10. The Kier molecular flexibility index (Phi) is 2.46. The van der Waals surface area contributed by atoms with Gasteiger partial charge in [0.05, 0.1) is 11.4 Å². The van der Waals surface area contributed by atoms with Crippen LogP contribution in [0.15, 0.2) is 30.3 Å². The highest BCUT2D eigenvalue weighted by Gasteiger charge is 2.10. The molecule has 3 heteroatoms. The maximum atomic E-state index is 4.51. The lowest BCUT2D eigenvalue weighted by Gasteiger charge is -2.06. The van der Waals surface area contributed by atoms with E-state index in [-0.39, 0.29) is 0 Å². The molecule has 0 atom stereocenters. The van der Waals surface area contributed by atoms with E-state index in [4.69, 9.17) is 0 Å². The summed E-state index contributed by atoms with van der Waals surface area (Å²) in [5, 5.41) is 7.69. The van der Waals surface area contributed by atoms with Gasteiger partial charge in [0.2, 0.25) is 0 Å². The number of hydrogen-bond acceptors (Lipinski definition) is 2. The molecule has 78 valence electrons. The fourth-order valence-electron chi connectivity index (χ4n) is 1.65. The summed E-state index contributed by atoms with van der Waals surface area (Å²) in [4.78, 5) is 0. The first-order chi connectivity index (χ1) is 7.24. The van der Waals surface area contributed by atoms with Crippen LogP contribution in [0.25, 0.3) is 5.69 Å². The maximum Gasteiger partial charge on any atom is 0.132 e. The highest BCUT2D eigenvalue weighted by molar-refractivity contribution is 5.52. The molecule has 0 aliphatic carbocycles. The summed E-state index contributed by atoms with van der Waals surface area (Å²) < 4.78 is 1.94. The Morgan fingerprint density at radius 1 is 1.13 bits per heavy atom. The number of anilines is 1. The molecule has 3 nitrogen and oxygen atoms in total. The van der Waals surface area contributed by atoms with Gasteiger partial charge in [0.1, 0.15) is 5.82 Å². The standard InChI is InChI=1S/C12H15N3/c1-9-10(2)14-15(12(9)13-3)11-7-5-4-6-8-11/h4-8,13H,1-3H3. The Morgan fingerprint density at radius 3 is 2.40 bits per heavy atom. The third-order valence-electron chi connectivity index (χ3n) is 2.60. The molecule has 1 heterocycles. The first kappa shape index (κ1) is 9.77. The molecule has 0 saturated carbocycles. The molecular formula is C12H15N3. The van der Waals surface area contributed by atoms with E-state index in [0.717, 1.165) is 17.2 Å². The molecular weight excluding hydrogens is 186 g/mol. The number of benzene rings is 1. The van der Waals surface area contributed by atoms with E-state index in [2.05, 4.69) is 17.3 Å². The molecule has 0 aliphatic heterocycles. The molecule has 2 aromatic rings. The van der Waals surface area contributed by atoms with E-state index in [1.165, 1.54) is 5.56 Å². The van der Waals surface area contributed by atoms with Gasteiger partial charge in [-0.15, -0.1) is 0 Å². The largest absolute Gasteiger partial charge is 0.373 e. The van der Waals surface area contributed by atoms with Gasteiger partial charge >= 0.3 is 0 Å². The smallest absolute Gasteiger partial charge is 0.132 e. The Bertz CT molecular complexity index is 457. The average molecular weight is 201 g/mol. The SMILES string of the molecule is CNc1c(C)c(C)nn1-c1ccccc1. The number of hydrogen-bond donors (Lipinski definition) is 1. The van der Waals surface area contributed by atoms with Crippen LogP contribution < -0.4 is 5.32 Å². The van der Waals surface area contributed by atoms with Gasteiger partial charge in [-0.1, -0.05) is 18.2 Å². The zero-order valence-electron chi connectivity index (χ0n) is 9.28. The minimum Gasteiger partial charge on any atom is -0.373 e. The van der Waals surface area contributed by atoms with Crippen molar-refractivity contribution >= 4 is 5.82 Å². The van der Waals surface area contributed by atoms with E-state index in [0.29, 0.717) is 0 Å². The second-order valence-corrected chi connectivity index (χ2v) is 3.56. The van der Waals surface area contributed by atoms with Crippen LogP contribution in [-0.2, 0) is 0 Å². The lowest BCUT2D eigenvalue weighted by molar-refractivity contribution is 0.867. The number of para-hydroxylation sites is 1. The van der Waals surface area contributed by atoms with Crippen LogP contribution in [-0.4, -0.2) is 16.8 Å². The Balaban J connectivity index is 2.58. The van der Waals surface area contributed by atoms with E-state index >= 15 is 0 Å². The lowest BCUT2D eigenvalue weighted by atomic mass is 10.2. The normalized spacial score (nSPS) is 10.3. The Morgan fingerprint density at radius 2 is 1.80 bits per heavy atom. The van der Waals surface area contributed by atoms with E-state index < -0.39 is 0 Å². The van der Waals surface area contributed by atoms with Crippen LogP contribution in [0, 0.1) is 13.8 Å². The van der Waals surface area contributed by atoms with Gasteiger partial charge in [0, 0.05) is 12.6 Å². The van der Waals surface area contributed by atoms with E-state index in [1.54, 1.807) is 0 Å². The van der Waals surface area contributed by atoms with Crippen molar-refractivity contribution in [3.05, 3.63) is 41.6 Å². The van der Waals surface area contributed by atoms with Crippen molar-refractivity contribution in [2.45, 2.75) is 13.8 Å². The first-order valence-corrected chi connectivity index (χ1v) is 5.03. The molecule has 0 saturated heterocycles. The summed E-state index contributed by atoms with van der Waals surface area (Å²) in [6, 6.07) is 10.1. The average Bonchev–Trinajstić information content (AvgIpc) is 2.56. The van der Waals surface area contributed by atoms with E-state index in [9.17, 15) is 0 Å². The van der Waals surface area contributed by atoms with Gasteiger partial charge in [-0.05, 0) is 26.0 Å². The van der Waals surface area contributed by atoms with Gasteiger partial charge in [0.15, 0.2) is 0 Å². The number of aromatic nitrogens is 2. The molecule has 0 bridgehead atoms. The Labute approximate surface area is 89.7 Å². The van der Waals surface area contributed by atoms with Crippen molar-refractivity contribution in [3.63, 3.8) is 0 Å². The van der Waals surface area contributed by atoms with Crippen molar-refractivity contribution < 1.29 is 0 Å². The predicted octanol–water partition coefficient (Wildman–Crippen LogP) is 2.53. The van der Waals surface area contributed by atoms with Crippen LogP contribution in [0.3, 0.4) is 0 Å². The van der Waals surface area contributed by atoms with Crippen LogP contribution >= 0.6 is 0 Å². The zero-order valence-corrected chi connectivity index (χ0v) is 9.28. The highest BCUT2D eigenvalue weighted by Crippen LogP contribution is 2.21. The van der Waals surface area contributed by atoms with Crippen molar-refractivity contribution in [1.82, 2.24) is 9.78 Å². The summed E-state index contributed by atoms with van der Waals surface area (Å²) in [6.07, 6.45) is 0. The van der Waals surface area contributed by atoms with Crippen molar-refractivity contribution in [2.24, 2.45) is 0 Å². The molecule has 0 spiro atoms. The maximum absolute atomic E-state index is 4.51. The number of aryl methyl sites for hydroxylation is 1. The van der Waals surface area contributed by atoms with Gasteiger partial charge in [-0.25, -0.2) is 4.68 Å². The summed E-state index contributed by atoms with van der Waals surface area (Å²) in [5.41, 5.74) is 3.34. The fraction of sp³-hybridized carbons (Fsp3) is 0.250. The molecule has 1 aromatic heterocycles. The van der Waals surface area contributed by atoms with Crippen molar-refractivity contribution in [1.29, 1.82) is 0 Å². The third-order valence-corrected chi connectivity index (χ3v) is 2.60. The molecule has 0 unspecified atom stereocenters. The second kappa shape index (κ2) is 3.77. The quantitative estimate of drug-likeness (QED) is 0.809. The molecule has 0 amide bonds. The van der Waals surface area contributed by atoms with Crippen LogP contribution in [0.5, 0.6) is 0 Å². The van der Waals surface area contributed by atoms with Crippen molar-refractivity contribution in [3.8, 4) is 5.69 Å². The van der Waals surface area contributed by atoms with Crippen LogP contribution in [0.4, 0.5) is 5.82 Å². The molecule has 0 radical (unpaired) electrons. The molecule has 15 heavy (non-hydrogen) atoms. The minimum atomic E-state index is 1.05. The topological polar surface area (TPSA) is 29.9 Å². The Hall–Kier alpha value is -1.77. The van der Waals surface area contributed by atoms with Crippen molar-refractivity contribution in [2.75, 3.05) is 12.4 Å². The minimum absolute atomic E-state index is 1.05. The highest BCUT2D eigenvalue weighted by atomic mass is 15.3. The number of rotatable bonds is 2. The van der Waals surface area contributed by atoms with E-state index in [1.807, 2.05) is 49.0 Å². The third kappa shape index (κ3) is 1.61. The summed E-state index contributed by atoms with van der Waals surface area (Å²) in [7, 11) is 1.92. The fourth-order valence-corrected chi connectivity index (χ4v) is 1.65. The first-order valence-electron chi connectivity index (χ1n) is 5.03. The van der Waals surface area contributed by atoms with Crippen LogP contribution in [0.1, 0.15) is 11.3 Å². The molecule has 1 aromatic carbocycles. The summed E-state index contributed by atoms with van der Waals surface area (Å²) in [5.74, 6) is 1.05. The van der Waals surface area contributed by atoms with Gasteiger partial charge in [-0.3, -0.25) is 0 Å². The lowest BCUT2D eigenvalue weighted by Crippen LogP contribution is -2.02. The molecule has 0 aliphatic rings. The number of nitrogens with zero attached hydrogens (tertiary/aromatic N) is 2. The molecule has 0 fully saturated rings. The van der Waals surface area contributed by atoms with Gasteiger partial charge in [0.25, 0.3) is 0 Å². The second-order valence-electron chi connectivity index (χ2n) is 3.56. The monoisotopic (exact) mass is 201 g/mol. The van der Waals surface area contributed by atoms with Crippen LogP contribution in [0.2, 0.25) is 0 Å². The summed E-state index contributed by atoms with van der Waals surface area (Å²) >= 11 is 0.